The average molecular weight is 870 g/mol. The predicted octanol–water partition coefficient (Wildman–Crippen LogP) is -3.73. The van der Waals surface area contributed by atoms with E-state index >= 15 is 0 Å². The molecule has 314 valence electrons. The summed E-state index contributed by atoms with van der Waals surface area (Å²) in [7, 11) is 0. The van der Waals surface area contributed by atoms with Crippen LogP contribution < -0.4 is 83.5 Å². The van der Waals surface area contributed by atoms with Gasteiger partial charge in [-0.2, -0.15) is 0 Å². The Morgan fingerprint density at radius 3 is 0.983 bits per heavy atom. The van der Waals surface area contributed by atoms with E-state index in [2.05, 4.69) is 76.8 Å². The molecule has 3 heterocycles. The number of hydrogen-bond donors (Lipinski definition) is 15. The van der Waals surface area contributed by atoms with E-state index in [-0.39, 0.29) is 105 Å². The number of guanidine groups is 3. The van der Waals surface area contributed by atoms with Crippen LogP contribution in [0.1, 0.15) is 50.7 Å². The number of nitrogens with zero attached hydrogens (tertiary/aromatic N) is 9. The molecule has 0 spiro atoms. The molecule has 30 heteroatoms. The number of carbonyl (C=O) groups is 3. The Morgan fingerprint density at radius 2 is 0.724 bits per heavy atom. The van der Waals surface area contributed by atoms with Crippen LogP contribution in [0.3, 0.4) is 0 Å². The Morgan fingerprint density at radius 1 is 0.466 bits per heavy atom. The number of rotatable bonds is 18. The first-order valence-corrected chi connectivity index (χ1v) is 17.9. The van der Waals surface area contributed by atoms with Gasteiger partial charge in [-0.1, -0.05) is 34.8 Å². The Balaban J connectivity index is 1.50. The number of hydrogen-bond acceptors (Lipinski definition) is 21. The quantitative estimate of drug-likeness (QED) is 0.0253. The van der Waals surface area contributed by atoms with Gasteiger partial charge in [-0.15, -0.1) is 0 Å². The lowest BCUT2D eigenvalue weighted by Gasteiger charge is -2.21. The Bertz CT molecular complexity index is 1820. The van der Waals surface area contributed by atoms with E-state index in [9.17, 15) is 14.4 Å². The third-order valence-electron chi connectivity index (χ3n) is 6.98. The van der Waals surface area contributed by atoms with Crippen LogP contribution in [0.5, 0.6) is 0 Å². The lowest BCUT2D eigenvalue weighted by Crippen LogP contribution is -2.53. The van der Waals surface area contributed by atoms with Crippen molar-refractivity contribution in [2.24, 2.45) is 32.2 Å². The number of nitrogens with two attached hydrogens (primary N) is 9. The monoisotopic (exact) mass is 868 g/mol. The Hall–Kier alpha value is -6.39. The number of carbonyl (C=O) groups excluding carboxylic acids is 3. The summed E-state index contributed by atoms with van der Waals surface area (Å²) in [6.07, 6.45) is 1.06. The van der Waals surface area contributed by atoms with Crippen molar-refractivity contribution in [3.8, 4) is 0 Å². The minimum atomic E-state index is -0.766. The van der Waals surface area contributed by atoms with Crippen molar-refractivity contribution in [2.45, 2.75) is 25.6 Å². The fourth-order valence-corrected chi connectivity index (χ4v) is 4.64. The summed E-state index contributed by atoms with van der Waals surface area (Å²) in [5, 5.41) is 16.4. The molecule has 0 aromatic carbocycles. The van der Waals surface area contributed by atoms with Gasteiger partial charge in [0.15, 0.2) is 85.3 Å². The fraction of sp³-hybridized carbons (Fsp3) is 0.357. The van der Waals surface area contributed by atoms with Crippen LogP contribution in [-0.4, -0.2) is 111 Å². The Kier molecular flexibility index (Phi) is 17.7. The molecule has 58 heavy (non-hydrogen) atoms. The molecule has 0 unspecified atom stereocenters. The van der Waals surface area contributed by atoms with E-state index in [1.54, 1.807) is 0 Å². The highest BCUT2D eigenvalue weighted by Crippen LogP contribution is 2.19. The number of aliphatic imine (C=N–C) groups is 3. The van der Waals surface area contributed by atoms with Crippen LogP contribution in [0, 0.1) is 0 Å². The van der Waals surface area contributed by atoms with Gasteiger partial charge in [0.25, 0.3) is 17.7 Å². The standard InChI is InChI=1S/C28H43Cl3N24O3/c29-13-19(35)50-16(32)10(47-13)22(56)53-25(38)41-4-1-7-44-28(45-8-2-5-42-26(39)54-23(57)11-17(33)51-20(36)14(30)48-11)46-9-3-6-43-27(40)55-24(58)12-18(34)52-21(37)15(31)49-12/h28,44-46H,1-9H2,(H4,32,35,50)(H4,33,36,51)(H4,34,37,52)(H3,38,41,53,56)(H3,39,42,54,57)(H3,40,43,55,58). The molecule has 0 saturated heterocycles. The van der Waals surface area contributed by atoms with Crippen LogP contribution in [0.15, 0.2) is 15.0 Å². The summed E-state index contributed by atoms with van der Waals surface area (Å²) < 4.78 is 0. The summed E-state index contributed by atoms with van der Waals surface area (Å²) in [5.74, 6) is -3.90. The zero-order valence-electron chi connectivity index (χ0n) is 30.5. The molecule has 0 radical (unpaired) electrons. The lowest BCUT2D eigenvalue weighted by atomic mass is 10.3. The molecule has 24 N–H and O–H groups in total. The lowest BCUT2D eigenvalue weighted by molar-refractivity contribution is 0.0964. The van der Waals surface area contributed by atoms with Crippen LogP contribution in [0.4, 0.5) is 34.9 Å². The minimum absolute atomic E-state index is 0.126. The van der Waals surface area contributed by atoms with E-state index in [4.69, 9.17) is 86.4 Å². The minimum Gasteiger partial charge on any atom is -0.382 e. The Labute approximate surface area is 344 Å². The van der Waals surface area contributed by atoms with Crippen molar-refractivity contribution < 1.29 is 14.4 Å². The summed E-state index contributed by atoms with van der Waals surface area (Å²) >= 11 is 17.5. The molecule has 3 aromatic heterocycles. The van der Waals surface area contributed by atoms with E-state index in [1.807, 2.05) is 0 Å². The summed E-state index contributed by atoms with van der Waals surface area (Å²) in [5.41, 5.74) is 50.5. The van der Waals surface area contributed by atoms with E-state index in [0.29, 0.717) is 38.9 Å². The molecule has 0 aliphatic rings. The average Bonchev–Trinajstić information content (AvgIpc) is 3.14. The maximum Gasteiger partial charge on any atom is 0.280 e. The van der Waals surface area contributed by atoms with Crippen molar-refractivity contribution in [3.63, 3.8) is 0 Å². The molecular weight excluding hydrogens is 827 g/mol. The topological polar surface area (TPSA) is 472 Å². The zero-order chi connectivity index (χ0) is 42.9. The maximum absolute atomic E-state index is 12.5. The summed E-state index contributed by atoms with van der Waals surface area (Å²) in [4.78, 5) is 72.6. The normalized spacial score (nSPS) is 12.6. The third kappa shape index (κ3) is 14.6. The molecule has 0 aliphatic heterocycles. The highest BCUT2D eigenvalue weighted by Gasteiger charge is 2.19. The zero-order valence-corrected chi connectivity index (χ0v) is 32.8. The number of nitrogen functional groups attached to an aromatic ring is 6. The van der Waals surface area contributed by atoms with Crippen molar-refractivity contribution in [1.82, 2.24) is 61.8 Å². The number of halogens is 3. The second kappa shape index (κ2) is 22.4. The molecule has 0 saturated carbocycles. The maximum atomic E-state index is 12.5. The number of nitrogens with one attached hydrogen (secondary N) is 6. The molecule has 0 fully saturated rings. The van der Waals surface area contributed by atoms with E-state index < -0.39 is 24.0 Å². The smallest absolute Gasteiger partial charge is 0.280 e. The van der Waals surface area contributed by atoms with Gasteiger partial charge in [-0.3, -0.25) is 61.3 Å². The SMILES string of the molecule is NC(=NCCCNC(NCCCN=C(N)NC(=O)c1nc(Cl)c(N)nc1N)NCCCN=C(N)NC(=O)c1nc(Cl)c(N)nc1N)NC(=O)c1nc(Cl)c(N)nc1N. The molecule has 0 bridgehead atoms. The predicted molar refractivity (Wildman–Crippen MR) is 221 cm³/mol. The van der Waals surface area contributed by atoms with Gasteiger partial charge in [0, 0.05) is 19.6 Å². The van der Waals surface area contributed by atoms with Crippen LogP contribution in [-0.2, 0) is 0 Å². The second-order valence-corrected chi connectivity index (χ2v) is 12.5. The van der Waals surface area contributed by atoms with Gasteiger partial charge >= 0.3 is 0 Å². The third-order valence-corrected chi connectivity index (χ3v) is 7.82. The highest BCUT2D eigenvalue weighted by molar-refractivity contribution is 6.32. The molecule has 27 nitrogen and oxygen atoms in total. The van der Waals surface area contributed by atoms with Gasteiger partial charge in [-0.05, 0) is 38.9 Å². The van der Waals surface area contributed by atoms with Crippen LogP contribution in [0.2, 0.25) is 15.5 Å². The van der Waals surface area contributed by atoms with Crippen LogP contribution in [0.25, 0.3) is 0 Å². The molecule has 0 atom stereocenters. The first-order valence-electron chi connectivity index (χ1n) is 16.8. The van der Waals surface area contributed by atoms with Crippen LogP contribution >= 0.6 is 34.8 Å². The van der Waals surface area contributed by atoms with Crippen molar-refractivity contribution in [3.05, 3.63) is 32.5 Å². The van der Waals surface area contributed by atoms with Gasteiger partial charge in [-0.25, -0.2) is 29.9 Å². The molecule has 3 rings (SSSR count). The van der Waals surface area contributed by atoms with Crippen molar-refractivity contribution >= 4 is 105 Å². The van der Waals surface area contributed by atoms with Gasteiger partial charge in [0.05, 0.1) is 0 Å². The van der Waals surface area contributed by atoms with E-state index in [1.165, 1.54) is 0 Å². The number of aromatic nitrogens is 6. The van der Waals surface area contributed by atoms with Gasteiger partial charge < -0.3 is 51.6 Å². The largest absolute Gasteiger partial charge is 0.382 e. The van der Waals surface area contributed by atoms with Gasteiger partial charge in [0.2, 0.25) is 0 Å². The number of amides is 3. The summed E-state index contributed by atoms with van der Waals surface area (Å²) in [6, 6.07) is 0. The van der Waals surface area contributed by atoms with E-state index in [0.717, 1.165) is 0 Å². The molecular formula is C28H43Cl3N24O3. The first-order chi connectivity index (χ1) is 27.5. The second-order valence-electron chi connectivity index (χ2n) is 11.4. The van der Waals surface area contributed by atoms with Crippen molar-refractivity contribution in [2.75, 3.05) is 73.7 Å². The molecule has 3 aromatic rings. The molecule has 0 aliphatic carbocycles. The summed E-state index contributed by atoms with van der Waals surface area (Å²) in [6.45, 7) is 2.02. The first kappa shape index (κ1) is 46.0. The van der Waals surface area contributed by atoms with Crippen molar-refractivity contribution in [1.29, 1.82) is 0 Å². The molecule has 3 amide bonds. The highest BCUT2D eigenvalue weighted by atomic mass is 35.5. The fourth-order valence-electron chi connectivity index (χ4n) is 4.26. The van der Waals surface area contributed by atoms with Gasteiger partial charge in [0.1, 0.15) is 6.29 Å². The number of anilines is 6.